The fourth-order valence-electron chi connectivity index (χ4n) is 1.72. The fraction of sp³-hybridized carbons (Fsp3) is 0.167. The Morgan fingerprint density at radius 2 is 2.11 bits per heavy atom. The molecule has 0 aliphatic carbocycles. The van der Waals surface area contributed by atoms with Crippen LogP contribution in [0.4, 0.5) is 5.82 Å². The number of fused-ring (bicyclic) bond motifs is 1. The normalized spacial score (nSPS) is 10.7. The minimum absolute atomic E-state index is 0.446. The van der Waals surface area contributed by atoms with E-state index >= 15 is 0 Å². The molecule has 6 heteroatoms. The Bertz CT molecular complexity index is 674. The lowest BCUT2D eigenvalue weighted by Gasteiger charge is -2.05. The fourth-order valence-corrected chi connectivity index (χ4v) is 1.72. The Morgan fingerprint density at radius 3 is 2.94 bits per heavy atom. The summed E-state index contributed by atoms with van der Waals surface area (Å²) in [6, 6.07) is 7.81. The third-order valence-electron chi connectivity index (χ3n) is 2.52. The first-order valence-corrected chi connectivity index (χ1v) is 5.56. The van der Waals surface area contributed by atoms with Crippen LogP contribution in [-0.4, -0.2) is 20.1 Å². The zero-order valence-electron chi connectivity index (χ0n) is 9.79. The van der Waals surface area contributed by atoms with E-state index in [4.69, 9.17) is 4.52 Å². The van der Waals surface area contributed by atoms with E-state index < -0.39 is 0 Å². The van der Waals surface area contributed by atoms with Crippen LogP contribution in [0.3, 0.4) is 0 Å². The molecular weight excluding hydrogens is 230 g/mol. The van der Waals surface area contributed by atoms with Gasteiger partial charge in [0.1, 0.15) is 12.1 Å². The minimum atomic E-state index is 0.446. The van der Waals surface area contributed by atoms with Crippen LogP contribution < -0.4 is 5.32 Å². The van der Waals surface area contributed by atoms with Crippen molar-refractivity contribution in [3.63, 3.8) is 0 Å². The van der Waals surface area contributed by atoms with Crippen LogP contribution in [0.15, 0.2) is 35.1 Å². The lowest BCUT2D eigenvalue weighted by molar-refractivity contribution is 0.379. The molecule has 6 nitrogen and oxygen atoms in total. The highest BCUT2D eigenvalue weighted by molar-refractivity contribution is 5.88. The Hall–Kier alpha value is -2.50. The summed E-state index contributed by atoms with van der Waals surface area (Å²) in [5.74, 6) is 1.92. The van der Waals surface area contributed by atoms with Gasteiger partial charge in [-0.15, -0.1) is 0 Å². The van der Waals surface area contributed by atoms with Gasteiger partial charge in [0.2, 0.25) is 5.89 Å². The van der Waals surface area contributed by atoms with Gasteiger partial charge in [0.15, 0.2) is 5.82 Å². The summed E-state index contributed by atoms with van der Waals surface area (Å²) in [6.45, 7) is 2.23. The molecule has 18 heavy (non-hydrogen) atoms. The summed E-state index contributed by atoms with van der Waals surface area (Å²) in [5.41, 5.74) is 0.900. The van der Waals surface area contributed by atoms with Gasteiger partial charge in [0.25, 0.3) is 0 Å². The monoisotopic (exact) mass is 241 g/mol. The maximum atomic E-state index is 5.03. The van der Waals surface area contributed by atoms with E-state index in [1.165, 1.54) is 6.33 Å². The second-order valence-electron chi connectivity index (χ2n) is 3.83. The topological polar surface area (TPSA) is 76.7 Å². The molecule has 90 valence electrons. The molecule has 2 aromatic heterocycles. The molecule has 0 fully saturated rings. The van der Waals surface area contributed by atoms with Crippen LogP contribution in [0.25, 0.3) is 10.9 Å². The SMILES string of the molecule is Cc1noc(CNc2ncnc3ccccc23)n1. The summed E-state index contributed by atoms with van der Waals surface area (Å²) in [5, 5.41) is 7.87. The van der Waals surface area contributed by atoms with E-state index in [1.54, 1.807) is 6.92 Å². The highest BCUT2D eigenvalue weighted by Crippen LogP contribution is 2.18. The highest BCUT2D eigenvalue weighted by Gasteiger charge is 2.05. The van der Waals surface area contributed by atoms with Gasteiger partial charge in [0, 0.05) is 5.39 Å². The van der Waals surface area contributed by atoms with Crippen LogP contribution in [0.2, 0.25) is 0 Å². The molecule has 0 spiro atoms. The molecule has 0 aliphatic heterocycles. The van der Waals surface area contributed by atoms with Crippen LogP contribution >= 0.6 is 0 Å². The maximum absolute atomic E-state index is 5.03. The number of hydrogen-bond donors (Lipinski definition) is 1. The Morgan fingerprint density at radius 1 is 1.22 bits per heavy atom. The van der Waals surface area contributed by atoms with E-state index in [-0.39, 0.29) is 0 Å². The third kappa shape index (κ3) is 2.00. The van der Waals surface area contributed by atoms with E-state index in [0.29, 0.717) is 18.3 Å². The number of aromatic nitrogens is 4. The number of aryl methyl sites for hydroxylation is 1. The number of nitrogens with zero attached hydrogens (tertiary/aromatic N) is 4. The number of anilines is 1. The first-order valence-electron chi connectivity index (χ1n) is 5.56. The third-order valence-corrected chi connectivity index (χ3v) is 2.52. The van der Waals surface area contributed by atoms with Gasteiger partial charge < -0.3 is 9.84 Å². The van der Waals surface area contributed by atoms with Crippen molar-refractivity contribution in [2.45, 2.75) is 13.5 Å². The first-order chi connectivity index (χ1) is 8.83. The molecule has 0 amide bonds. The first kappa shape index (κ1) is 10.6. The van der Waals surface area contributed by atoms with E-state index in [9.17, 15) is 0 Å². The molecule has 1 N–H and O–H groups in total. The van der Waals surface area contributed by atoms with E-state index in [2.05, 4.69) is 25.4 Å². The van der Waals surface area contributed by atoms with Gasteiger partial charge in [-0.3, -0.25) is 0 Å². The van der Waals surface area contributed by atoms with Gasteiger partial charge in [0.05, 0.1) is 12.1 Å². The van der Waals surface area contributed by atoms with Gasteiger partial charge in [-0.25, -0.2) is 9.97 Å². The number of para-hydroxylation sites is 1. The molecule has 3 rings (SSSR count). The van der Waals surface area contributed by atoms with Crippen LogP contribution in [0.1, 0.15) is 11.7 Å². The molecule has 0 aliphatic rings. The van der Waals surface area contributed by atoms with Gasteiger partial charge in [-0.05, 0) is 19.1 Å². The molecular formula is C12H11N5O. The smallest absolute Gasteiger partial charge is 0.245 e. The average molecular weight is 241 g/mol. The minimum Gasteiger partial charge on any atom is -0.360 e. The van der Waals surface area contributed by atoms with Crippen molar-refractivity contribution in [3.05, 3.63) is 42.3 Å². The standard InChI is InChI=1S/C12H11N5O/c1-8-16-11(18-17-8)6-13-12-9-4-2-3-5-10(9)14-7-15-12/h2-5,7H,6H2,1H3,(H,13,14,15). The number of rotatable bonds is 3. The number of hydrogen-bond acceptors (Lipinski definition) is 6. The maximum Gasteiger partial charge on any atom is 0.245 e. The zero-order chi connectivity index (χ0) is 12.4. The van der Waals surface area contributed by atoms with Crippen molar-refractivity contribution in [1.82, 2.24) is 20.1 Å². The quantitative estimate of drug-likeness (QED) is 0.755. The summed E-state index contributed by atoms with van der Waals surface area (Å²) < 4.78 is 5.03. The lowest BCUT2D eigenvalue weighted by atomic mass is 10.2. The predicted molar refractivity (Wildman–Crippen MR) is 65.9 cm³/mol. The van der Waals surface area contributed by atoms with Crippen molar-refractivity contribution in [2.24, 2.45) is 0 Å². The van der Waals surface area contributed by atoms with E-state index in [0.717, 1.165) is 16.7 Å². The predicted octanol–water partition coefficient (Wildman–Crippen LogP) is 1.93. The average Bonchev–Trinajstić information content (AvgIpc) is 2.82. The highest BCUT2D eigenvalue weighted by atomic mass is 16.5. The summed E-state index contributed by atoms with van der Waals surface area (Å²) in [6.07, 6.45) is 1.53. The Kier molecular flexibility index (Phi) is 2.60. The molecule has 0 radical (unpaired) electrons. The Balaban J connectivity index is 1.86. The molecule has 0 atom stereocenters. The molecule has 0 bridgehead atoms. The largest absolute Gasteiger partial charge is 0.360 e. The summed E-state index contributed by atoms with van der Waals surface area (Å²) in [7, 11) is 0. The number of benzene rings is 1. The molecule has 1 aromatic carbocycles. The molecule has 0 saturated heterocycles. The van der Waals surface area contributed by atoms with Gasteiger partial charge >= 0.3 is 0 Å². The molecule has 2 heterocycles. The van der Waals surface area contributed by atoms with Crippen molar-refractivity contribution in [2.75, 3.05) is 5.32 Å². The summed E-state index contributed by atoms with van der Waals surface area (Å²) >= 11 is 0. The van der Waals surface area contributed by atoms with Gasteiger partial charge in [-0.1, -0.05) is 17.3 Å². The van der Waals surface area contributed by atoms with Crippen molar-refractivity contribution in [1.29, 1.82) is 0 Å². The molecule has 0 saturated carbocycles. The molecule has 3 aromatic rings. The van der Waals surface area contributed by atoms with Crippen molar-refractivity contribution < 1.29 is 4.52 Å². The second kappa shape index (κ2) is 4.40. The van der Waals surface area contributed by atoms with Crippen LogP contribution in [0.5, 0.6) is 0 Å². The molecule has 0 unspecified atom stereocenters. The lowest BCUT2D eigenvalue weighted by Crippen LogP contribution is -2.02. The van der Waals surface area contributed by atoms with E-state index in [1.807, 2.05) is 24.3 Å². The van der Waals surface area contributed by atoms with Crippen molar-refractivity contribution in [3.8, 4) is 0 Å². The zero-order valence-corrected chi connectivity index (χ0v) is 9.79. The number of nitrogens with one attached hydrogen (secondary N) is 1. The second-order valence-corrected chi connectivity index (χ2v) is 3.83. The van der Waals surface area contributed by atoms with Crippen molar-refractivity contribution >= 4 is 16.7 Å². The summed E-state index contributed by atoms with van der Waals surface area (Å²) in [4.78, 5) is 12.5. The van der Waals surface area contributed by atoms with Crippen LogP contribution in [-0.2, 0) is 6.54 Å². The van der Waals surface area contributed by atoms with Gasteiger partial charge in [-0.2, -0.15) is 4.98 Å². The Labute approximate surface area is 103 Å². The van der Waals surface area contributed by atoms with Crippen LogP contribution in [0, 0.1) is 6.92 Å².